The number of likely N-dealkylation sites (N-methyl/N-ethyl adjacent to an activating group) is 1. The molecule has 1 aliphatic heterocycles. The molecule has 106 valence electrons. The molecule has 1 N–H and O–H groups in total. The van der Waals surface area contributed by atoms with Gasteiger partial charge in [0.1, 0.15) is 5.82 Å². The van der Waals surface area contributed by atoms with Gasteiger partial charge in [-0.05, 0) is 31.7 Å². The molecular formula is C14H20ClFN2O. The second kappa shape index (κ2) is 6.66. The minimum Gasteiger partial charge on any atom is -0.374 e. The fourth-order valence-electron chi connectivity index (χ4n) is 2.20. The van der Waals surface area contributed by atoms with E-state index in [-0.39, 0.29) is 23.0 Å². The largest absolute Gasteiger partial charge is 0.374 e. The summed E-state index contributed by atoms with van der Waals surface area (Å²) in [4.78, 5) is 2.26. The predicted octanol–water partition coefficient (Wildman–Crippen LogP) is 2.46. The Labute approximate surface area is 118 Å². The van der Waals surface area contributed by atoms with Crippen LogP contribution in [0, 0.1) is 5.82 Å². The molecule has 1 aromatic rings. The molecule has 19 heavy (non-hydrogen) atoms. The van der Waals surface area contributed by atoms with Crippen LogP contribution in [0.2, 0.25) is 5.02 Å². The number of halogens is 2. The SMILES string of the molecule is C[C@H](NC[C@@H]1CN(C)CCO1)c1ccc(F)c(Cl)c1. The summed E-state index contributed by atoms with van der Waals surface area (Å²) >= 11 is 5.79. The molecule has 0 bridgehead atoms. The van der Waals surface area contributed by atoms with Crippen molar-refractivity contribution in [2.45, 2.75) is 19.1 Å². The lowest BCUT2D eigenvalue weighted by atomic mass is 10.1. The van der Waals surface area contributed by atoms with Crippen LogP contribution in [0.5, 0.6) is 0 Å². The monoisotopic (exact) mass is 286 g/mol. The van der Waals surface area contributed by atoms with Crippen LogP contribution in [0.3, 0.4) is 0 Å². The average Bonchev–Trinajstić information content (AvgIpc) is 2.39. The summed E-state index contributed by atoms with van der Waals surface area (Å²) < 4.78 is 18.8. The van der Waals surface area contributed by atoms with Crippen LogP contribution in [0.15, 0.2) is 18.2 Å². The molecule has 1 fully saturated rings. The van der Waals surface area contributed by atoms with E-state index < -0.39 is 0 Å². The van der Waals surface area contributed by atoms with E-state index in [0.717, 1.165) is 31.8 Å². The first-order valence-corrected chi connectivity index (χ1v) is 6.92. The Bertz CT molecular complexity index is 430. The summed E-state index contributed by atoms with van der Waals surface area (Å²) in [5.74, 6) is -0.380. The van der Waals surface area contributed by atoms with Crippen molar-refractivity contribution in [3.63, 3.8) is 0 Å². The Hall–Kier alpha value is -0.680. The number of hydrogen-bond donors (Lipinski definition) is 1. The maximum Gasteiger partial charge on any atom is 0.141 e. The van der Waals surface area contributed by atoms with Gasteiger partial charge in [0.15, 0.2) is 0 Å². The molecule has 5 heteroatoms. The van der Waals surface area contributed by atoms with E-state index in [1.54, 1.807) is 12.1 Å². The van der Waals surface area contributed by atoms with Gasteiger partial charge >= 0.3 is 0 Å². The van der Waals surface area contributed by atoms with E-state index in [0.29, 0.717) is 0 Å². The standard InChI is InChI=1S/C14H20ClFN2O/c1-10(11-3-4-14(16)13(15)7-11)17-8-12-9-18(2)5-6-19-12/h3-4,7,10,12,17H,5-6,8-9H2,1-2H3/t10-,12+/m0/s1. The van der Waals surface area contributed by atoms with Gasteiger partial charge in [0.2, 0.25) is 0 Å². The first-order valence-electron chi connectivity index (χ1n) is 6.54. The van der Waals surface area contributed by atoms with Crippen LogP contribution in [-0.2, 0) is 4.74 Å². The number of morpholine rings is 1. The fourth-order valence-corrected chi connectivity index (χ4v) is 2.39. The van der Waals surface area contributed by atoms with Crippen molar-refractivity contribution in [1.29, 1.82) is 0 Å². The zero-order valence-electron chi connectivity index (χ0n) is 11.3. The normalized spacial score (nSPS) is 22.4. The molecule has 0 unspecified atom stereocenters. The van der Waals surface area contributed by atoms with E-state index in [4.69, 9.17) is 16.3 Å². The predicted molar refractivity (Wildman–Crippen MR) is 75.1 cm³/mol. The van der Waals surface area contributed by atoms with Crippen LogP contribution in [0.25, 0.3) is 0 Å². The van der Waals surface area contributed by atoms with Crippen molar-refractivity contribution < 1.29 is 9.13 Å². The summed E-state index contributed by atoms with van der Waals surface area (Å²) in [5, 5.41) is 3.57. The molecule has 0 aromatic heterocycles. The summed E-state index contributed by atoms with van der Waals surface area (Å²) in [6.07, 6.45) is 0.206. The third-order valence-electron chi connectivity index (χ3n) is 3.44. The molecule has 2 rings (SSSR count). The van der Waals surface area contributed by atoms with Crippen LogP contribution in [0.1, 0.15) is 18.5 Å². The van der Waals surface area contributed by atoms with Crippen molar-refractivity contribution in [2.24, 2.45) is 0 Å². The van der Waals surface area contributed by atoms with Crippen LogP contribution in [-0.4, -0.2) is 44.3 Å². The zero-order valence-corrected chi connectivity index (χ0v) is 12.1. The minimum atomic E-state index is -0.380. The van der Waals surface area contributed by atoms with Crippen LogP contribution >= 0.6 is 11.6 Å². The summed E-state index contributed by atoms with van der Waals surface area (Å²) in [6.45, 7) is 5.51. The van der Waals surface area contributed by atoms with E-state index in [2.05, 4.69) is 17.3 Å². The first kappa shape index (κ1) is 14.7. The van der Waals surface area contributed by atoms with Gasteiger partial charge in [-0.3, -0.25) is 0 Å². The molecular weight excluding hydrogens is 267 g/mol. The Morgan fingerprint density at radius 1 is 1.58 bits per heavy atom. The lowest BCUT2D eigenvalue weighted by Crippen LogP contribution is -2.45. The van der Waals surface area contributed by atoms with Crippen molar-refractivity contribution >= 4 is 11.6 Å². The zero-order chi connectivity index (χ0) is 13.8. The quantitative estimate of drug-likeness (QED) is 0.920. The van der Waals surface area contributed by atoms with Gasteiger partial charge in [0.05, 0.1) is 17.7 Å². The van der Waals surface area contributed by atoms with Gasteiger partial charge in [0.25, 0.3) is 0 Å². The number of hydrogen-bond acceptors (Lipinski definition) is 3. The molecule has 1 aromatic carbocycles. The Kier molecular flexibility index (Phi) is 5.16. The molecule has 2 atom stereocenters. The van der Waals surface area contributed by atoms with Gasteiger partial charge in [-0.25, -0.2) is 4.39 Å². The van der Waals surface area contributed by atoms with Crippen LogP contribution in [0.4, 0.5) is 4.39 Å². The van der Waals surface area contributed by atoms with Gasteiger partial charge in [0, 0.05) is 25.7 Å². The van der Waals surface area contributed by atoms with E-state index >= 15 is 0 Å². The smallest absolute Gasteiger partial charge is 0.141 e. The molecule has 0 saturated carbocycles. The number of rotatable bonds is 4. The first-order chi connectivity index (χ1) is 9.06. The number of benzene rings is 1. The summed E-state index contributed by atoms with van der Waals surface area (Å²) in [7, 11) is 2.10. The Morgan fingerprint density at radius 3 is 3.05 bits per heavy atom. The molecule has 0 radical (unpaired) electrons. The lowest BCUT2D eigenvalue weighted by Gasteiger charge is -2.31. The maximum atomic E-state index is 13.1. The highest BCUT2D eigenvalue weighted by atomic mass is 35.5. The average molecular weight is 287 g/mol. The van der Waals surface area contributed by atoms with Gasteiger partial charge in [-0.2, -0.15) is 0 Å². The number of ether oxygens (including phenoxy) is 1. The highest BCUT2D eigenvalue weighted by Gasteiger charge is 2.18. The fraction of sp³-hybridized carbons (Fsp3) is 0.571. The molecule has 1 heterocycles. The van der Waals surface area contributed by atoms with Crippen molar-refractivity contribution in [3.8, 4) is 0 Å². The molecule has 0 aliphatic carbocycles. The second-order valence-electron chi connectivity index (χ2n) is 5.06. The lowest BCUT2D eigenvalue weighted by molar-refractivity contribution is -0.0190. The third-order valence-corrected chi connectivity index (χ3v) is 3.73. The van der Waals surface area contributed by atoms with E-state index in [1.807, 2.05) is 6.92 Å². The number of nitrogens with one attached hydrogen (secondary N) is 1. The van der Waals surface area contributed by atoms with Gasteiger partial charge < -0.3 is 15.0 Å². The molecule has 1 aliphatic rings. The topological polar surface area (TPSA) is 24.5 Å². The van der Waals surface area contributed by atoms with Crippen LogP contribution < -0.4 is 5.32 Å². The summed E-state index contributed by atoms with van der Waals surface area (Å²) in [5.41, 5.74) is 0.982. The molecule has 3 nitrogen and oxygen atoms in total. The third kappa shape index (κ3) is 4.14. The van der Waals surface area contributed by atoms with Crippen molar-refractivity contribution in [2.75, 3.05) is 33.3 Å². The minimum absolute atomic E-state index is 0.119. The van der Waals surface area contributed by atoms with E-state index in [1.165, 1.54) is 6.07 Å². The van der Waals surface area contributed by atoms with Gasteiger partial charge in [-0.1, -0.05) is 17.7 Å². The Balaban J connectivity index is 1.86. The number of nitrogens with zero attached hydrogens (tertiary/aromatic N) is 1. The molecule has 0 spiro atoms. The highest BCUT2D eigenvalue weighted by molar-refractivity contribution is 6.30. The maximum absolute atomic E-state index is 13.1. The van der Waals surface area contributed by atoms with E-state index in [9.17, 15) is 4.39 Å². The van der Waals surface area contributed by atoms with Crippen molar-refractivity contribution in [1.82, 2.24) is 10.2 Å². The van der Waals surface area contributed by atoms with Crippen molar-refractivity contribution in [3.05, 3.63) is 34.6 Å². The highest BCUT2D eigenvalue weighted by Crippen LogP contribution is 2.20. The molecule has 1 saturated heterocycles. The summed E-state index contributed by atoms with van der Waals surface area (Å²) in [6, 6.07) is 4.95. The molecule has 0 amide bonds. The van der Waals surface area contributed by atoms with Gasteiger partial charge in [-0.15, -0.1) is 0 Å². The second-order valence-corrected chi connectivity index (χ2v) is 5.47. The Morgan fingerprint density at radius 2 is 2.37 bits per heavy atom.